The molecule has 0 saturated heterocycles. The number of nitrogens with zero attached hydrogens (tertiary/aromatic N) is 3. The molecule has 8 aromatic carbocycles. The Balaban J connectivity index is 1.02. The van der Waals surface area contributed by atoms with Gasteiger partial charge >= 0.3 is 0 Å². The van der Waals surface area contributed by atoms with E-state index in [1.54, 1.807) is 0 Å². The van der Waals surface area contributed by atoms with Gasteiger partial charge in [0.25, 0.3) is 0 Å². The molecule has 5 heterocycles. The summed E-state index contributed by atoms with van der Waals surface area (Å²) in [6.07, 6.45) is 1.93. The number of hydrogen-bond donors (Lipinski definition) is 0. The van der Waals surface area contributed by atoms with Crippen LogP contribution in [0.5, 0.6) is 0 Å². The fraction of sp³-hybridized carbons (Fsp3) is 0. The van der Waals surface area contributed by atoms with Crippen molar-refractivity contribution < 1.29 is 0 Å². The Morgan fingerprint density at radius 2 is 1.20 bits per heavy atom. The zero-order valence-electron chi connectivity index (χ0n) is 29.2. The average molecular weight is 734 g/mol. The third-order valence-electron chi connectivity index (χ3n) is 11.5. The van der Waals surface area contributed by atoms with Gasteiger partial charge in [0.15, 0.2) is 5.65 Å². The summed E-state index contributed by atoms with van der Waals surface area (Å²) < 4.78 is 4.90. The fourth-order valence-electron chi connectivity index (χ4n) is 8.86. The van der Waals surface area contributed by atoms with E-state index in [9.17, 15) is 0 Å². The Kier molecular flexibility index (Phi) is 5.98. The maximum atomic E-state index is 5.43. The van der Waals surface area contributed by atoms with Gasteiger partial charge in [-0.2, -0.15) is 0 Å². The largest absolute Gasteiger partial charge is 0.291 e. The van der Waals surface area contributed by atoms with E-state index < -0.39 is 0 Å². The summed E-state index contributed by atoms with van der Waals surface area (Å²) in [7, 11) is 0. The number of hydrogen-bond acceptors (Lipinski definition) is 4. The summed E-state index contributed by atoms with van der Waals surface area (Å²) in [5.74, 6) is 0. The van der Waals surface area contributed by atoms with E-state index in [0.717, 1.165) is 33.6 Å². The van der Waals surface area contributed by atoms with Crippen LogP contribution in [0.2, 0.25) is 0 Å². The normalized spacial score (nSPS) is 12.7. The minimum absolute atomic E-state index is 1.01. The first kappa shape index (κ1) is 29.9. The van der Waals surface area contributed by atoms with Crippen molar-refractivity contribution in [1.82, 2.24) is 14.4 Å². The maximum absolute atomic E-state index is 5.43. The highest BCUT2D eigenvalue weighted by molar-refractivity contribution is 7.99. The molecular formula is C50H27N3S2. The Morgan fingerprint density at radius 3 is 2.02 bits per heavy atom. The number of fused-ring (bicyclic) bond motifs is 12. The molecule has 5 heteroatoms. The highest BCUT2D eigenvalue weighted by atomic mass is 32.2. The van der Waals surface area contributed by atoms with Crippen LogP contribution in [-0.2, 0) is 0 Å². The predicted octanol–water partition coefficient (Wildman–Crippen LogP) is 14.3. The molecule has 0 bridgehead atoms. The molecule has 0 unspecified atom stereocenters. The number of imidazole rings is 1. The first-order chi connectivity index (χ1) is 27.2. The highest BCUT2D eigenvalue weighted by Crippen LogP contribution is 2.48. The lowest BCUT2D eigenvalue weighted by atomic mass is 9.98. The van der Waals surface area contributed by atoms with E-state index in [0.29, 0.717) is 0 Å². The molecule has 0 N–H and O–H groups in total. The summed E-state index contributed by atoms with van der Waals surface area (Å²) in [6.45, 7) is 0. The average Bonchev–Trinajstić information content (AvgIpc) is 3.78. The number of aromatic nitrogens is 3. The Labute approximate surface area is 323 Å². The van der Waals surface area contributed by atoms with Crippen LogP contribution in [0.25, 0.3) is 114 Å². The first-order valence-corrected chi connectivity index (χ1v) is 20.2. The summed E-state index contributed by atoms with van der Waals surface area (Å²) in [5.41, 5.74) is 10.1. The Morgan fingerprint density at radius 1 is 0.491 bits per heavy atom. The van der Waals surface area contributed by atoms with Crippen LogP contribution >= 0.6 is 23.1 Å². The zero-order valence-corrected chi connectivity index (χ0v) is 30.9. The van der Waals surface area contributed by atoms with Crippen molar-refractivity contribution in [3.05, 3.63) is 164 Å². The number of pyridine rings is 2. The van der Waals surface area contributed by atoms with E-state index in [1.165, 1.54) is 89.7 Å². The molecule has 13 rings (SSSR count). The molecule has 1 aliphatic rings. The van der Waals surface area contributed by atoms with E-state index in [4.69, 9.17) is 9.97 Å². The third kappa shape index (κ3) is 4.33. The van der Waals surface area contributed by atoms with Crippen LogP contribution in [0, 0.1) is 0 Å². The van der Waals surface area contributed by atoms with Crippen molar-refractivity contribution in [2.75, 3.05) is 0 Å². The molecule has 254 valence electrons. The number of rotatable bonds is 2. The van der Waals surface area contributed by atoms with Crippen LogP contribution < -0.4 is 0 Å². The lowest BCUT2D eigenvalue weighted by Crippen LogP contribution is -1.96. The molecule has 0 fully saturated rings. The molecule has 0 aliphatic carbocycles. The minimum atomic E-state index is 1.01. The van der Waals surface area contributed by atoms with Crippen molar-refractivity contribution in [3.63, 3.8) is 0 Å². The number of thiophene rings is 1. The first-order valence-electron chi connectivity index (χ1n) is 18.5. The maximum Gasteiger partial charge on any atom is 0.156 e. The van der Waals surface area contributed by atoms with Crippen LogP contribution in [0.15, 0.2) is 174 Å². The topological polar surface area (TPSA) is 30.2 Å². The standard InChI is InChI=1S/C50H27N3S2/c1-2-7-32-21-37-24-43-41(23-36(37)20-31(32)6-1)52-50-49-40(39-22-33-8-3-4-9-34(33)25-46(39)55-49)27-42(53(43)50)29-14-12-28(13-15-29)35-16-17-38-45(26-35)54-44-11-5-10-30-18-19-51-48(38)47(30)44/h1-27H. The van der Waals surface area contributed by atoms with Gasteiger partial charge in [-0.1, -0.05) is 109 Å². The second-order valence-electron chi connectivity index (χ2n) is 14.6. The molecule has 0 spiro atoms. The van der Waals surface area contributed by atoms with E-state index >= 15 is 0 Å². The zero-order chi connectivity index (χ0) is 35.8. The van der Waals surface area contributed by atoms with Gasteiger partial charge in [-0.3, -0.25) is 9.38 Å². The molecule has 55 heavy (non-hydrogen) atoms. The van der Waals surface area contributed by atoms with E-state index in [-0.39, 0.29) is 0 Å². The monoisotopic (exact) mass is 733 g/mol. The quantitative estimate of drug-likeness (QED) is 0.166. The lowest BCUT2D eigenvalue weighted by molar-refractivity contribution is 1.25. The predicted molar refractivity (Wildman–Crippen MR) is 234 cm³/mol. The van der Waals surface area contributed by atoms with Crippen molar-refractivity contribution >= 4 is 103 Å². The van der Waals surface area contributed by atoms with Gasteiger partial charge < -0.3 is 0 Å². The molecule has 0 atom stereocenters. The van der Waals surface area contributed by atoms with Crippen molar-refractivity contribution in [2.24, 2.45) is 0 Å². The minimum Gasteiger partial charge on any atom is -0.291 e. The van der Waals surface area contributed by atoms with Gasteiger partial charge in [0, 0.05) is 42.4 Å². The fourth-order valence-corrected chi connectivity index (χ4v) is 11.2. The van der Waals surface area contributed by atoms with E-state index in [1.807, 2.05) is 29.3 Å². The summed E-state index contributed by atoms with van der Waals surface area (Å²) >= 11 is 3.69. The molecule has 0 saturated carbocycles. The van der Waals surface area contributed by atoms with Crippen LogP contribution in [0.4, 0.5) is 0 Å². The summed E-state index contributed by atoms with van der Waals surface area (Å²) in [4.78, 5) is 12.8. The lowest BCUT2D eigenvalue weighted by Gasteiger charge is -2.20. The second kappa shape index (κ2) is 11.0. The smallest absolute Gasteiger partial charge is 0.156 e. The van der Waals surface area contributed by atoms with Gasteiger partial charge in [0.05, 0.1) is 27.1 Å². The van der Waals surface area contributed by atoms with E-state index in [2.05, 4.69) is 162 Å². The summed E-state index contributed by atoms with van der Waals surface area (Å²) in [5, 5.41) is 12.5. The third-order valence-corrected chi connectivity index (χ3v) is 13.8. The van der Waals surface area contributed by atoms with Crippen molar-refractivity contribution in [2.45, 2.75) is 9.79 Å². The summed E-state index contributed by atoms with van der Waals surface area (Å²) in [6, 6.07) is 58.2. The second-order valence-corrected chi connectivity index (χ2v) is 16.8. The van der Waals surface area contributed by atoms with Gasteiger partial charge in [-0.25, -0.2) is 4.98 Å². The van der Waals surface area contributed by atoms with Gasteiger partial charge in [0.2, 0.25) is 0 Å². The molecule has 12 aromatic rings. The van der Waals surface area contributed by atoms with Crippen LogP contribution in [0.1, 0.15) is 0 Å². The molecule has 4 aromatic heterocycles. The SMILES string of the molecule is c1ccc2cc3cc4c(cc3cc2c1)nc1c2sc3cc5ccccc5cc3c2cc(-c2ccc(-c3ccc5c(c3)Sc3cccc6ccnc-5c36)cc2)n41. The van der Waals surface area contributed by atoms with Crippen molar-refractivity contribution in [1.29, 1.82) is 0 Å². The van der Waals surface area contributed by atoms with Gasteiger partial charge in [-0.05, 0) is 115 Å². The Bertz CT molecular complexity index is 3610. The Hall–Kier alpha value is -6.53. The molecule has 1 aliphatic heterocycles. The van der Waals surface area contributed by atoms with Crippen molar-refractivity contribution in [3.8, 4) is 33.6 Å². The number of benzene rings is 8. The van der Waals surface area contributed by atoms with Gasteiger partial charge in [-0.15, -0.1) is 11.3 Å². The molecule has 3 nitrogen and oxygen atoms in total. The molecular weight excluding hydrogens is 707 g/mol. The highest BCUT2D eigenvalue weighted by Gasteiger charge is 2.22. The van der Waals surface area contributed by atoms with Gasteiger partial charge in [0.1, 0.15) is 0 Å². The van der Waals surface area contributed by atoms with Crippen LogP contribution in [0.3, 0.4) is 0 Å². The van der Waals surface area contributed by atoms with Crippen LogP contribution in [-0.4, -0.2) is 14.4 Å². The molecule has 0 radical (unpaired) electrons. The molecule has 0 amide bonds.